The van der Waals surface area contributed by atoms with Gasteiger partial charge in [0.2, 0.25) is 10.0 Å². The molecule has 1 aliphatic carbocycles. The number of fused-ring (bicyclic) bond motifs is 1. The second-order valence-electron chi connectivity index (χ2n) is 9.43. The normalized spacial score (nSPS) is 23.3. The zero-order valence-electron chi connectivity index (χ0n) is 19.5. The number of sulfonamides is 1. The van der Waals surface area contributed by atoms with Crippen molar-refractivity contribution >= 4 is 22.0 Å². The number of carbonyl (C=O) groups excluding carboxylic acids is 2. The highest BCUT2D eigenvalue weighted by Gasteiger charge is 2.49. The maximum absolute atomic E-state index is 13.4. The Morgan fingerprint density at radius 2 is 1.69 bits per heavy atom. The lowest BCUT2D eigenvalue weighted by molar-refractivity contribution is -0.132. The van der Waals surface area contributed by atoms with E-state index in [1.54, 1.807) is 6.92 Å². The van der Waals surface area contributed by atoms with Crippen molar-refractivity contribution in [2.45, 2.75) is 36.6 Å². The molecule has 2 aliphatic heterocycles. The average molecular weight is 494 g/mol. The van der Waals surface area contributed by atoms with Crippen molar-refractivity contribution in [1.29, 1.82) is 5.26 Å². The largest absolute Gasteiger partial charge is 0.326 e. The molecule has 2 aromatic rings. The van der Waals surface area contributed by atoms with Crippen LogP contribution in [0.2, 0.25) is 0 Å². The van der Waals surface area contributed by atoms with E-state index < -0.39 is 21.6 Å². The van der Waals surface area contributed by atoms with Gasteiger partial charge in [-0.1, -0.05) is 18.2 Å². The average Bonchev–Trinajstić information content (AvgIpc) is 3.42. The molecule has 2 saturated heterocycles. The molecule has 0 saturated carbocycles. The van der Waals surface area contributed by atoms with Crippen molar-refractivity contribution in [2.24, 2.45) is 0 Å². The van der Waals surface area contributed by atoms with Gasteiger partial charge < -0.3 is 5.32 Å². The lowest BCUT2D eigenvalue weighted by Crippen LogP contribution is -2.52. The monoisotopic (exact) mass is 493 g/mol. The van der Waals surface area contributed by atoms with Gasteiger partial charge in [0, 0.05) is 26.2 Å². The minimum Gasteiger partial charge on any atom is -0.319 e. The van der Waals surface area contributed by atoms with Gasteiger partial charge in [-0.2, -0.15) is 9.57 Å². The van der Waals surface area contributed by atoms with Crippen molar-refractivity contribution in [3.05, 3.63) is 64.7 Å². The quantitative estimate of drug-likeness (QED) is 0.635. The van der Waals surface area contributed by atoms with Gasteiger partial charge in [-0.25, -0.2) is 18.1 Å². The van der Waals surface area contributed by atoms with Gasteiger partial charge in [0.05, 0.1) is 23.2 Å². The Bertz CT molecular complexity index is 1330. The van der Waals surface area contributed by atoms with Crippen molar-refractivity contribution in [2.75, 3.05) is 32.8 Å². The molecule has 3 amide bonds. The molecule has 35 heavy (non-hydrogen) atoms. The van der Waals surface area contributed by atoms with Crippen molar-refractivity contribution in [3.8, 4) is 6.07 Å². The Labute approximate surface area is 205 Å². The molecule has 182 valence electrons. The van der Waals surface area contributed by atoms with E-state index in [2.05, 4.69) is 11.4 Å². The van der Waals surface area contributed by atoms with Gasteiger partial charge in [0.15, 0.2) is 0 Å². The molecule has 1 N–H and O–H groups in total. The molecule has 10 heteroatoms. The van der Waals surface area contributed by atoms with Gasteiger partial charge in [0.25, 0.3) is 5.91 Å². The molecule has 3 aliphatic rings. The summed E-state index contributed by atoms with van der Waals surface area (Å²) in [7, 11) is -3.68. The Hall–Kier alpha value is -3.26. The van der Waals surface area contributed by atoms with Gasteiger partial charge >= 0.3 is 6.03 Å². The maximum atomic E-state index is 13.4. The molecule has 0 radical (unpaired) electrons. The van der Waals surface area contributed by atoms with Crippen LogP contribution in [-0.4, -0.2) is 67.3 Å². The third-order valence-electron chi connectivity index (χ3n) is 7.24. The van der Waals surface area contributed by atoms with Crippen LogP contribution in [0.5, 0.6) is 0 Å². The number of amides is 3. The molecule has 5 rings (SSSR count). The number of nitrogens with one attached hydrogen (secondary N) is 1. The minimum absolute atomic E-state index is 0.107. The third kappa shape index (κ3) is 4.10. The smallest absolute Gasteiger partial charge is 0.319 e. The number of aryl methyl sites for hydroxylation is 2. The molecule has 2 fully saturated rings. The van der Waals surface area contributed by atoms with Crippen LogP contribution in [0.3, 0.4) is 0 Å². The first-order chi connectivity index (χ1) is 16.7. The van der Waals surface area contributed by atoms with Gasteiger partial charge in [-0.3, -0.25) is 9.69 Å². The second kappa shape index (κ2) is 8.75. The number of nitrogens with zero attached hydrogens (tertiary/aromatic N) is 4. The second-order valence-corrected chi connectivity index (χ2v) is 11.4. The Balaban J connectivity index is 1.24. The Morgan fingerprint density at radius 3 is 2.37 bits per heavy atom. The van der Waals surface area contributed by atoms with Crippen molar-refractivity contribution in [3.63, 3.8) is 0 Å². The Morgan fingerprint density at radius 1 is 1.00 bits per heavy atom. The van der Waals surface area contributed by atoms with Gasteiger partial charge in [0.1, 0.15) is 5.54 Å². The zero-order chi connectivity index (χ0) is 24.8. The summed E-state index contributed by atoms with van der Waals surface area (Å²) in [6.07, 6.45) is 3.14. The molecule has 2 heterocycles. The first-order valence-corrected chi connectivity index (χ1v) is 13.2. The van der Waals surface area contributed by atoms with Crippen LogP contribution < -0.4 is 5.32 Å². The molecule has 0 aromatic heterocycles. The van der Waals surface area contributed by atoms with E-state index in [4.69, 9.17) is 5.26 Å². The number of benzene rings is 2. The molecule has 0 bridgehead atoms. The summed E-state index contributed by atoms with van der Waals surface area (Å²) in [6.45, 7) is 3.12. The highest BCUT2D eigenvalue weighted by atomic mass is 32.2. The summed E-state index contributed by atoms with van der Waals surface area (Å²) < 4.78 is 27.3. The van der Waals surface area contributed by atoms with Gasteiger partial charge in [-0.05, 0) is 67.1 Å². The van der Waals surface area contributed by atoms with E-state index in [0.717, 1.165) is 24.8 Å². The molecule has 0 spiro atoms. The lowest BCUT2D eigenvalue weighted by atomic mass is 9.90. The van der Waals surface area contributed by atoms with Crippen molar-refractivity contribution in [1.82, 2.24) is 19.4 Å². The minimum atomic E-state index is -3.68. The van der Waals surface area contributed by atoms with Crippen LogP contribution in [0.15, 0.2) is 47.4 Å². The first-order valence-electron chi connectivity index (χ1n) is 11.7. The first kappa shape index (κ1) is 23.5. The van der Waals surface area contributed by atoms with Crippen LogP contribution in [-0.2, 0) is 33.2 Å². The summed E-state index contributed by atoms with van der Waals surface area (Å²) in [4.78, 5) is 29.4. The van der Waals surface area contributed by atoms with Crippen LogP contribution in [0, 0.1) is 11.3 Å². The summed E-state index contributed by atoms with van der Waals surface area (Å²) in [5.74, 6) is -0.298. The summed E-state index contributed by atoms with van der Waals surface area (Å²) in [6, 6.07) is 13.4. The number of hydrogen-bond acceptors (Lipinski definition) is 6. The van der Waals surface area contributed by atoms with E-state index in [1.165, 1.54) is 44.6 Å². The fourth-order valence-corrected chi connectivity index (χ4v) is 6.49. The molecular formula is C25H27N5O4S. The molecule has 2 aromatic carbocycles. The predicted octanol–water partition coefficient (Wildman–Crippen LogP) is 1.78. The third-order valence-corrected chi connectivity index (χ3v) is 9.16. The molecule has 1 unspecified atom stereocenters. The Kier molecular flexibility index (Phi) is 5.87. The van der Waals surface area contributed by atoms with E-state index in [0.29, 0.717) is 18.7 Å². The number of hydrogen-bond donors (Lipinski definition) is 1. The van der Waals surface area contributed by atoms with Crippen LogP contribution in [0.1, 0.15) is 35.6 Å². The zero-order valence-corrected chi connectivity index (χ0v) is 20.3. The number of rotatable bonds is 5. The molecular weight excluding hydrogens is 466 g/mol. The number of nitriles is 1. The number of imide groups is 1. The summed E-state index contributed by atoms with van der Waals surface area (Å²) in [5.41, 5.74) is 2.62. The molecule has 1 atom stereocenters. The van der Waals surface area contributed by atoms with Gasteiger partial charge in [-0.15, -0.1) is 0 Å². The van der Waals surface area contributed by atoms with E-state index in [9.17, 15) is 18.0 Å². The topological polar surface area (TPSA) is 114 Å². The number of piperazine rings is 1. The van der Waals surface area contributed by atoms with E-state index in [1.807, 2.05) is 23.1 Å². The number of urea groups is 1. The summed E-state index contributed by atoms with van der Waals surface area (Å²) >= 11 is 0. The SMILES string of the molecule is CC1(c2ccc3c(c2)CCC3)NC(=O)N(CN2CCN(S(=O)(=O)c3ccc(C#N)cc3)CC2)C1=O. The number of carbonyl (C=O) groups is 2. The molecule has 9 nitrogen and oxygen atoms in total. The standard InChI is InChI=1S/C25H27N5O4S/c1-25(21-8-7-19-3-2-4-20(19)15-21)23(31)30(24(32)27-25)17-28-11-13-29(14-12-28)35(33,34)22-9-5-18(16-26)6-10-22/h5-10,15H,2-4,11-14,17H2,1H3,(H,27,32). The van der Waals surface area contributed by atoms with E-state index in [-0.39, 0.29) is 30.6 Å². The van der Waals surface area contributed by atoms with Crippen LogP contribution >= 0.6 is 0 Å². The van der Waals surface area contributed by atoms with Crippen LogP contribution in [0.25, 0.3) is 0 Å². The van der Waals surface area contributed by atoms with E-state index >= 15 is 0 Å². The highest BCUT2D eigenvalue weighted by Crippen LogP contribution is 2.33. The van der Waals surface area contributed by atoms with Crippen LogP contribution in [0.4, 0.5) is 4.79 Å². The highest BCUT2D eigenvalue weighted by molar-refractivity contribution is 7.89. The van der Waals surface area contributed by atoms with Crippen molar-refractivity contribution < 1.29 is 18.0 Å². The fraction of sp³-hybridized carbons (Fsp3) is 0.400. The fourth-order valence-electron chi connectivity index (χ4n) is 5.07. The summed E-state index contributed by atoms with van der Waals surface area (Å²) in [5, 5.41) is 11.8. The lowest BCUT2D eigenvalue weighted by Gasteiger charge is -2.35. The predicted molar refractivity (Wildman–Crippen MR) is 128 cm³/mol. The maximum Gasteiger partial charge on any atom is 0.326 e.